The highest BCUT2D eigenvalue weighted by Gasteiger charge is 2.36. The fourth-order valence-electron chi connectivity index (χ4n) is 3.63. The van der Waals surface area contributed by atoms with E-state index in [-0.39, 0.29) is 29.1 Å². The Hall–Kier alpha value is -3.89. The third-order valence-electron chi connectivity index (χ3n) is 4.99. The van der Waals surface area contributed by atoms with Crippen molar-refractivity contribution < 1.29 is 9.53 Å². The zero-order chi connectivity index (χ0) is 22.0. The molecule has 1 aliphatic rings. The summed E-state index contributed by atoms with van der Waals surface area (Å²) in [5.74, 6) is -1.25. The lowest BCUT2D eigenvalue weighted by Gasteiger charge is -2.24. The predicted molar refractivity (Wildman–Crippen MR) is 120 cm³/mol. The van der Waals surface area contributed by atoms with Crippen molar-refractivity contribution in [3.8, 4) is 6.07 Å². The van der Waals surface area contributed by atoms with Crippen molar-refractivity contribution in [2.24, 2.45) is 5.73 Å². The number of nitriles is 1. The first-order valence-corrected chi connectivity index (χ1v) is 10.5. The van der Waals surface area contributed by atoms with Crippen LogP contribution in [-0.4, -0.2) is 17.1 Å². The largest absolute Gasteiger partial charge is 0.463 e. The summed E-state index contributed by atoms with van der Waals surface area (Å²) in [7, 11) is 0. The van der Waals surface area contributed by atoms with Gasteiger partial charge in [-0.25, -0.2) is 4.79 Å². The van der Waals surface area contributed by atoms with Gasteiger partial charge in [-0.15, -0.1) is 11.3 Å². The number of allylic oxidation sites excluding steroid dienone is 1. The summed E-state index contributed by atoms with van der Waals surface area (Å²) in [6, 6.07) is 20.7. The molecule has 0 saturated carbocycles. The molecule has 0 saturated heterocycles. The van der Waals surface area contributed by atoms with E-state index in [1.807, 2.05) is 60.7 Å². The monoisotopic (exact) mass is 429 g/mol. The molecule has 0 unspecified atom stereocenters. The van der Waals surface area contributed by atoms with Gasteiger partial charge in [-0.05, 0) is 24.1 Å². The van der Waals surface area contributed by atoms with Crippen molar-refractivity contribution in [1.82, 2.24) is 4.57 Å². The molecule has 1 aromatic heterocycles. The number of nitrogens with zero attached hydrogens (tertiary/aromatic N) is 2. The molecule has 2 N–H and O–H groups in total. The molecule has 0 amide bonds. The molecule has 7 heteroatoms. The minimum atomic E-state index is -0.715. The van der Waals surface area contributed by atoms with Crippen molar-refractivity contribution in [2.75, 3.05) is 6.61 Å². The number of hydrogen-bond acceptors (Lipinski definition) is 6. The van der Waals surface area contributed by atoms with E-state index in [0.717, 1.165) is 11.1 Å². The summed E-state index contributed by atoms with van der Waals surface area (Å²) in [6.07, 6.45) is 1.75. The Balaban J connectivity index is 2.10. The molecule has 154 valence electrons. The summed E-state index contributed by atoms with van der Waals surface area (Å²) in [5.41, 5.74) is 7.91. The van der Waals surface area contributed by atoms with E-state index >= 15 is 0 Å². The number of carbonyl (C=O) groups is 1. The van der Waals surface area contributed by atoms with Gasteiger partial charge < -0.3 is 10.5 Å². The molecule has 1 aliphatic heterocycles. The van der Waals surface area contributed by atoms with Crippen molar-refractivity contribution >= 4 is 34.8 Å². The lowest BCUT2D eigenvalue weighted by atomic mass is 9.84. The van der Waals surface area contributed by atoms with Crippen molar-refractivity contribution in [3.05, 3.63) is 96.9 Å². The van der Waals surface area contributed by atoms with Gasteiger partial charge in [-0.1, -0.05) is 60.7 Å². The van der Waals surface area contributed by atoms with Gasteiger partial charge in [0.2, 0.25) is 0 Å². The average molecular weight is 430 g/mol. The van der Waals surface area contributed by atoms with Gasteiger partial charge in [-0.3, -0.25) is 9.36 Å². The van der Waals surface area contributed by atoms with Crippen LogP contribution in [0.5, 0.6) is 0 Å². The summed E-state index contributed by atoms with van der Waals surface area (Å²) >= 11 is 1.17. The summed E-state index contributed by atoms with van der Waals surface area (Å²) in [4.78, 5) is 26.3. The Labute approximate surface area is 182 Å². The number of rotatable bonds is 4. The summed E-state index contributed by atoms with van der Waals surface area (Å²) < 4.78 is 7.37. The molecular formula is C24H19N3O3S. The van der Waals surface area contributed by atoms with Crippen molar-refractivity contribution in [3.63, 3.8) is 0 Å². The molecule has 0 fully saturated rings. The molecule has 3 aromatic rings. The van der Waals surface area contributed by atoms with Gasteiger partial charge in [0.25, 0.3) is 5.56 Å². The smallest absolute Gasteiger partial charge is 0.338 e. The van der Waals surface area contributed by atoms with Crippen LogP contribution in [0.1, 0.15) is 24.0 Å². The van der Waals surface area contributed by atoms with Gasteiger partial charge in [0.05, 0.1) is 34.3 Å². The first-order chi connectivity index (χ1) is 15.1. The average Bonchev–Trinajstić information content (AvgIpc) is 3.11. The zero-order valence-corrected chi connectivity index (χ0v) is 17.6. The van der Waals surface area contributed by atoms with E-state index in [4.69, 9.17) is 10.5 Å². The van der Waals surface area contributed by atoms with Crippen LogP contribution in [0, 0.1) is 11.3 Å². The van der Waals surface area contributed by atoms with E-state index in [1.165, 1.54) is 15.9 Å². The number of hydrogen-bond donors (Lipinski definition) is 1. The van der Waals surface area contributed by atoms with E-state index < -0.39 is 11.9 Å². The van der Waals surface area contributed by atoms with Gasteiger partial charge in [-0.2, -0.15) is 5.26 Å². The quantitative estimate of drug-likeness (QED) is 0.639. The highest BCUT2D eigenvalue weighted by Crippen LogP contribution is 2.36. The standard InChI is InChI=1S/C24H19N3O3S/c1-2-30-24(29)20-19(16-11-7-4-8-12-16)17(14-25)21(26)27-22(28)18(31-23(20)27)13-15-9-5-3-6-10-15/h3-13,19H,2,26H2,1H3/b18-13-/t19-/m0/s1. The third-order valence-corrected chi connectivity index (χ3v) is 6.10. The zero-order valence-electron chi connectivity index (χ0n) is 16.7. The highest BCUT2D eigenvalue weighted by atomic mass is 32.1. The summed E-state index contributed by atoms with van der Waals surface area (Å²) in [5, 5.41) is 9.91. The number of thiazole rings is 1. The topological polar surface area (TPSA) is 98.1 Å². The van der Waals surface area contributed by atoms with E-state index in [2.05, 4.69) is 6.07 Å². The van der Waals surface area contributed by atoms with Crippen LogP contribution in [0.25, 0.3) is 17.5 Å². The van der Waals surface area contributed by atoms with Crippen LogP contribution >= 0.6 is 11.3 Å². The Morgan fingerprint density at radius 1 is 1.19 bits per heavy atom. The molecule has 0 radical (unpaired) electrons. The fraction of sp³-hybridized carbons (Fsp3) is 0.125. The Morgan fingerprint density at radius 2 is 1.84 bits per heavy atom. The number of benzene rings is 2. The lowest BCUT2D eigenvalue weighted by molar-refractivity contribution is -0.136. The molecule has 0 spiro atoms. The van der Waals surface area contributed by atoms with Crippen molar-refractivity contribution in [2.45, 2.75) is 12.8 Å². The van der Waals surface area contributed by atoms with Crippen LogP contribution in [0.15, 0.2) is 71.0 Å². The Kier molecular flexibility index (Phi) is 5.56. The maximum Gasteiger partial charge on any atom is 0.338 e. The second-order valence-corrected chi connectivity index (χ2v) is 7.89. The van der Waals surface area contributed by atoms with Gasteiger partial charge in [0, 0.05) is 0 Å². The number of aromatic nitrogens is 1. The van der Waals surface area contributed by atoms with Gasteiger partial charge in [0.1, 0.15) is 10.5 Å². The van der Waals surface area contributed by atoms with Crippen LogP contribution < -0.4 is 20.5 Å². The molecular weight excluding hydrogens is 410 g/mol. The molecule has 2 heterocycles. The SMILES string of the molecule is CCOC(=O)C1=c2s/c(=C\c3ccccc3)c(=O)n2C(N)=C(C#N)[C@@H]1c1ccccc1. The minimum Gasteiger partial charge on any atom is -0.463 e. The summed E-state index contributed by atoms with van der Waals surface area (Å²) in [6.45, 7) is 1.88. The second kappa shape index (κ2) is 8.46. The molecule has 2 aromatic carbocycles. The van der Waals surface area contributed by atoms with Gasteiger partial charge >= 0.3 is 5.97 Å². The van der Waals surface area contributed by atoms with E-state index in [1.54, 1.807) is 13.0 Å². The first-order valence-electron chi connectivity index (χ1n) is 9.71. The number of fused-ring (bicyclic) bond motifs is 1. The van der Waals surface area contributed by atoms with Gasteiger partial charge in [0.15, 0.2) is 0 Å². The fourth-order valence-corrected chi connectivity index (χ4v) is 4.80. The number of nitrogens with two attached hydrogens (primary N) is 1. The highest BCUT2D eigenvalue weighted by molar-refractivity contribution is 7.07. The molecule has 31 heavy (non-hydrogen) atoms. The maximum absolute atomic E-state index is 13.2. The van der Waals surface area contributed by atoms with Crippen LogP contribution in [-0.2, 0) is 9.53 Å². The molecule has 1 atom stereocenters. The predicted octanol–water partition coefficient (Wildman–Crippen LogP) is 1.90. The maximum atomic E-state index is 13.2. The molecule has 0 aliphatic carbocycles. The van der Waals surface area contributed by atoms with Crippen molar-refractivity contribution in [1.29, 1.82) is 5.26 Å². The normalized spacial score (nSPS) is 16.1. The van der Waals surface area contributed by atoms with Crippen LogP contribution in [0.2, 0.25) is 0 Å². The lowest BCUT2D eigenvalue weighted by Crippen LogP contribution is -2.40. The van der Waals surface area contributed by atoms with Crippen LogP contribution in [0.4, 0.5) is 0 Å². The number of carbonyl (C=O) groups excluding carboxylic acids is 1. The number of esters is 1. The first kappa shape index (κ1) is 20.4. The molecule has 4 rings (SSSR count). The molecule has 6 nitrogen and oxygen atoms in total. The second-order valence-electron chi connectivity index (χ2n) is 6.86. The number of ether oxygens (including phenoxy) is 1. The molecule has 0 bridgehead atoms. The van der Waals surface area contributed by atoms with E-state index in [9.17, 15) is 14.9 Å². The third kappa shape index (κ3) is 3.58. The Morgan fingerprint density at radius 3 is 2.45 bits per heavy atom. The van der Waals surface area contributed by atoms with E-state index in [0.29, 0.717) is 9.20 Å². The minimum absolute atomic E-state index is 0.0355. The van der Waals surface area contributed by atoms with Crippen LogP contribution in [0.3, 0.4) is 0 Å². The Bertz CT molecular complexity index is 1390.